The number of aromatic nitrogens is 1. The van der Waals surface area contributed by atoms with Crippen molar-refractivity contribution in [2.75, 3.05) is 54.0 Å². The van der Waals surface area contributed by atoms with Crippen LogP contribution < -0.4 is 14.8 Å². The van der Waals surface area contributed by atoms with Gasteiger partial charge in [0.2, 0.25) is 0 Å². The Morgan fingerprint density at radius 3 is 2.45 bits per heavy atom. The molecule has 2 aromatic rings. The van der Waals surface area contributed by atoms with Crippen LogP contribution in [0.5, 0.6) is 11.5 Å². The summed E-state index contributed by atoms with van der Waals surface area (Å²) in [5.74, 6) is 1.31. The molecule has 0 unspecified atom stereocenters. The third-order valence-electron chi connectivity index (χ3n) is 7.17. The molecule has 8 heteroatoms. The molecule has 1 amide bonds. The lowest BCUT2D eigenvalue weighted by Crippen LogP contribution is -2.61. The summed E-state index contributed by atoms with van der Waals surface area (Å²) in [4.78, 5) is 23.6. The Morgan fingerprint density at radius 1 is 1.09 bits per heavy atom. The second-order valence-corrected chi connectivity index (χ2v) is 10.3. The van der Waals surface area contributed by atoms with Gasteiger partial charge in [-0.2, -0.15) is 0 Å². The summed E-state index contributed by atoms with van der Waals surface area (Å²) in [6, 6.07) is 5.72. The minimum atomic E-state index is -0.0178. The maximum Gasteiger partial charge on any atom is 0.263 e. The molecule has 1 N–H and O–H groups in total. The van der Waals surface area contributed by atoms with Crippen LogP contribution in [0.3, 0.4) is 0 Å². The molecule has 2 fully saturated rings. The van der Waals surface area contributed by atoms with Crippen LogP contribution in [0.15, 0.2) is 18.2 Å². The lowest BCUT2D eigenvalue weighted by Gasteiger charge is -2.49. The van der Waals surface area contributed by atoms with E-state index in [-0.39, 0.29) is 11.4 Å². The SMILES string of the molecule is COc1ccc(-c2nc(C)c(C(=O)NCC3(N4CCN(C)CC4)CCCCC3)s2)cc1OC. The van der Waals surface area contributed by atoms with Crippen molar-refractivity contribution in [3.05, 3.63) is 28.8 Å². The number of amides is 1. The maximum absolute atomic E-state index is 13.2. The molecule has 4 rings (SSSR count). The van der Waals surface area contributed by atoms with Gasteiger partial charge in [-0.05, 0) is 45.0 Å². The van der Waals surface area contributed by atoms with Gasteiger partial charge in [0.1, 0.15) is 9.88 Å². The van der Waals surface area contributed by atoms with Crippen LogP contribution in [0.2, 0.25) is 0 Å². The van der Waals surface area contributed by atoms with Crippen molar-refractivity contribution in [3.8, 4) is 22.1 Å². The standard InChI is InChI=1S/C25H36N4O3S/c1-18-22(33-24(27-18)19-8-9-20(31-3)21(16-19)32-4)23(30)26-17-25(10-6-5-7-11-25)29-14-12-28(2)13-15-29/h8-9,16H,5-7,10-15,17H2,1-4H3,(H,26,30). The number of thiazole rings is 1. The molecule has 1 aromatic heterocycles. The van der Waals surface area contributed by atoms with Crippen LogP contribution in [-0.2, 0) is 0 Å². The van der Waals surface area contributed by atoms with E-state index in [9.17, 15) is 4.79 Å². The zero-order chi connectivity index (χ0) is 23.4. The molecule has 2 heterocycles. The highest BCUT2D eigenvalue weighted by atomic mass is 32.1. The Balaban J connectivity index is 1.49. The number of likely N-dealkylation sites (N-methyl/N-ethyl adjacent to an activating group) is 1. The predicted molar refractivity (Wildman–Crippen MR) is 133 cm³/mol. The molecular formula is C25H36N4O3S. The molecule has 0 spiro atoms. The smallest absolute Gasteiger partial charge is 0.263 e. The molecule has 0 atom stereocenters. The van der Waals surface area contributed by atoms with E-state index in [4.69, 9.17) is 9.47 Å². The molecule has 2 aliphatic rings. The first kappa shape index (κ1) is 24.0. The lowest BCUT2D eigenvalue weighted by atomic mass is 9.79. The minimum Gasteiger partial charge on any atom is -0.493 e. The van der Waals surface area contributed by atoms with Gasteiger partial charge in [-0.3, -0.25) is 9.69 Å². The number of nitrogens with zero attached hydrogens (tertiary/aromatic N) is 3. The summed E-state index contributed by atoms with van der Waals surface area (Å²) in [5.41, 5.74) is 1.76. The topological polar surface area (TPSA) is 66.9 Å². The fraction of sp³-hybridized carbons (Fsp3) is 0.600. The highest BCUT2D eigenvalue weighted by Gasteiger charge is 2.39. The Kier molecular flexibility index (Phi) is 7.56. The van der Waals surface area contributed by atoms with E-state index in [1.54, 1.807) is 14.2 Å². The van der Waals surface area contributed by atoms with Crippen LogP contribution in [0, 0.1) is 6.92 Å². The molecule has 7 nitrogen and oxygen atoms in total. The monoisotopic (exact) mass is 472 g/mol. The lowest BCUT2D eigenvalue weighted by molar-refractivity contribution is 0.0139. The van der Waals surface area contributed by atoms with Crippen molar-refractivity contribution in [2.45, 2.75) is 44.6 Å². The number of rotatable bonds is 7. The Morgan fingerprint density at radius 2 is 1.79 bits per heavy atom. The second-order valence-electron chi connectivity index (χ2n) is 9.26. The van der Waals surface area contributed by atoms with Gasteiger partial charge in [-0.25, -0.2) is 4.98 Å². The van der Waals surface area contributed by atoms with Crippen LogP contribution in [0.1, 0.15) is 47.5 Å². The molecule has 0 radical (unpaired) electrons. The predicted octanol–water partition coefficient (Wildman–Crippen LogP) is 3.82. The van der Waals surface area contributed by atoms with Crippen molar-refractivity contribution >= 4 is 17.2 Å². The van der Waals surface area contributed by atoms with E-state index in [2.05, 4.69) is 27.1 Å². The number of methoxy groups -OCH3 is 2. The van der Waals surface area contributed by atoms with Gasteiger partial charge in [0.25, 0.3) is 5.91 Å². The summed E-state index contributed by atoms with van der Waals surface area (Å²) in [6.07, 6.45) is 6.10. The average molecular weight is 473 g/mol. The number of piperazine rings is 1. The van der Waals surface area contributed by atoms with E-state index >= 15 is 0 Å². The number of benzene rings is 1. The number of hydrogen-bond donors (Lipinski definition) is 1. The molecule has 0 bridgehead atoms. The van der Waals surface area contributed by atoms with Crippen molar-refractivity contribution in [1.82, 2.24) is 20.1 Å². The molecule has 1 aliphatic carbocycles. The third-order valence-corrected chi connectivity index (χ3v) is 8.37. The first-order chi connectivity index (χ1) is 16.0. The number of carbonyl (C=O) groups excluding carboxylic acids is 1. The van der Waals surface area contributed by atoms with E-state index in [0.717, 1.165) is 55.3 Å². The van der Waals surface area contributed by atoms with Crippen molar-refractivity contribution < 1.29 is 14.3 Å². The van der Waals surface area contributed by atoms with E-state index in [1.165, 1.54) is 30.6 Å². The van der Waals surface area contributed by atoms with Gasteiger partial charge in [-0.15, -0.1) is 11.3 Å². The first-order valence-corrected chi connectivity index (χ1v) is 12.7. The van der Waals surface area contributed by atoms with Crippen molar-refractivity contribution in [1.29, 1.82) is 0 Å². The molecule has 1 aromatic carbocycles. The fourth-order valence-corrected chi connectivity index (χ4v) is 6.10. The van der Waals surface area contributed by atoms with Gasteiger partial charge in [0.15, 0.2) is 11.5 Å². The number of nitrogens with one attached hydrogen (secondary N) is 1. The molecule has 33 heavy (non-hydrogen) atoms. The highest BCUT2D eigenvalue weighted by Crippen LogP contribution is 2.36. The van der Waals surface area contributed by atoms with Gasteiger partial charge in [0, 0.05) is 43.8 Å². The van der Waals surface area contributed by atoms with Crippen LogP contribution >= 0.6 is 11.3 Å². The first-order valence-electron chi connectivity index (χ1n) is 11.9. The van der Waals surface area contributed by atoms with Crippen LogP contribution in [0.25, 0.3) is 10.6 Å². The molecule has 1 saturated heterocycles. The fourth-order valence-electron chi connectivity index (χ4n) is 5.12. The maximum atomic E-state index is 13.2. The van der Waals surface area contributed by atoms with Gasteiger partial charge >= 0.3 is 0 Å². The summed E-state index contributed by atoms with van der Waals surface area (Å²) in [5, 5.41) is 4.11. The summed E-state index contributed by atoms with van der Waals surface area (Å²) in [7, 11) is 5.43. The average Bonchev–Trinajstić information content (AvgIpc) is 3.24. The molecule has 180 valence electrons. The Labute approximate surface area is 201 Å². The van der Waals surface area contributed by atoms with Gasteiger partial charge in [0.05, 0.1) is 19.9 Å². The Hall–Kier alpha value is -2.16. The van der Waals surface area contributed by atoms with Gasteiger partial charge in [-0.1, -0.05) is 19.3 Å². The normalized spacial score (nSPS) is 19.3. The number of ether oxygens (including phenoxy) is 2. The van der Waals surface area contributed by atoms with Crippen molar-refractivity contribution in [2.24, 2.45) is 0 Å². The quantitative estimate of drug-likeness (QED) is 0.661. The van der Waals surface area contributed by atoms with Crippen LogP contribution in [0.4, 0.5) is 0 Å². The Bertz CT molecular complexity index is 963. The number of hydrogen-bond acceptors (Lipinski definition) is 7. The van der Waals surface area contributed by atoms with Crippen LogP contribution in [-0.4, -0.2) is 80.2 Å². The van der Waals surface area contributed by atoms with Gasteiger partial charge < -0.3 is 19.7 Å². The zero-order valence-electron chi connectivity index (χ0n) is 20.3. The molecule has 1 aliphatic heterocycles. The molecular weight excluding hydrogens is 436 g/mol. The highest BCUT2D eigenvalue weighted by molar-refractivity contribution is 7.17. The molecule has 1 saturated carbocycles. The van der Waals surface area contributed by atoms with E-state index in [1.807, 2.05) is 25.1 Å². The van der Waals surface area contributed by atoms with E-state index in [0.29, 0.717) is 22.9 Å². The van der Waals surface area contributed by atoms with Crippen molar-refractivity contribution in [3.63, 3.8) is 0 Å². The second kappa shape index (κ2) is 10.4. The largest absolute Gasteiger partial charge is 0.493 e. The number of carbonyl (C=O) groups is 1. The number of aryl methyl sites for hydroxylation is 1. The third kappa shape index (κ3) is 5.18. The zero-order valence-corrected chi connectivity index (χ0v) is 21.1. The van der Waals surface area contributed by atoms with E-state index < -0.39 is 0 Å². The summed E-state index contributed by atoms with van der Waals surface area (Å²) in [6.45, 7) is 6.96. The summed E-state index contributed by atoms with van der Waals surface area (Å²) < 4.78 is 10.8. The minimum absolute atomic E-state index is 0.0178. The summed E-state index contributed by atoms with van der Waals surface area (Å²) >= 11 is 1.43.